The lowest BCUT2D eigenvalue weighted by molar-refractivity contribution is -0.134. The van der Waals surface area contributed by atoms with Crippen LogP contribution >= 0.6 is 11.3 Å². The molecule has 2 heterocycles. The molecule has 0 saturated carbocycles. The Hall–Kier alpha value is -3.31. The van der Waals surface area contributed by atoms with Gasteiger partial charge < -0.3 is 24.8 Å². The Bertz CT molecular complexity index is 1480. The SMILES string of the molecule is CCS(=O)(=O)c1ccc([C@H](CO)NC(=O)c2cnc(N3CCN(Cc4ccc(OC(F)F)cc4)C[C@H]3COC(F)F)s2)cc1. The number of piperazine rings is 1. The number of ether oxygens (including phenoxy) is 2. The molecule has 0 bridgehead atoms. The first kappa shape index (κ1) is 33.6. The van der Waals surface area contributed by atoms with Gasteiger partial charge in [0.25, 0.3) is 5.91 Å². The lowest BCUT2D eigenvalue weighted by Gasteiger charge is -2.41. The first-order valence-corrected chi connectivity index (χ1v) is 16.1. The number of halogens is 4. The number of amides is 1. The second kappa shape index (κ2) is 15.1. The third-order valence-electron chi connectivity index (χ3n) is 7.01. The number of carbonyl (C=O) groups excluding carboxylic acids is 1. The van der Waals surface area contributed by atoms with E-state index in [0.717, 1.165) is 16.9 Å². The van der Waals surface area contributed by atoms with E-state index >= 15 is 0 Å². The fraction of sp³-hybridized carbons (Fsp3) is 0.429. The first-order valence-electron chi connectivity index (χ1n) is 13.6. The standard InChI is InChI=1S/C28H32F4N4O6S2/c1-2-44(39,40)22-9-5-19(6-10-22)23(16-37)34-25(38)24-13-33-28(43-24)36-12-11-35(15-20(36)17-41-26(29)30)14-18-3-7-21(8-4-18)42-27(31)32/h3-10,13,20,23,26-27,37H,2,11-12,14-17H2,1H3,(H,34,38)/t20-,23-/m0/s1. The Balaban J connectivity index is 1.42. The minimum Gasteiger partial charge on any atom is -0.435 e. The molecule has 3 aromatic rings. The van der Waals surface area contributed by atoms with E-state index in [0.29, 0.717) is 36.9 Å². The number of carbonyl (C=O) groups is 1. The molecule has 2 aromatic carbocycles. The topological polar surface area (TPSA) is 121 Å². The highest BCUT2D eigenvalue weighted by Gasteiger charge is 2.31. The van der Waals surface area contributed by atoms with Gasteiger partial charge in [-0.3, -0.25) is 9.69 Å². The fourth-order valence-corrected chi connectivity index (χ4v) is 6.52. The lowest BCUT2D eigenvalue weighted by atomic mass is 10.1. The Morgan fingerprint density at radius 1 is 1.09 bits per heavy atom. The molecular formula is C28H32F4N4O6S2. The maximum Gasteiger partial charge on any atom is 0.387 e. The van der Waals surface area contributed by atoms with Gasteiger partial charge in [-0.15, -0.1) is 0 Å². The van der Waals surface area contributed by atoms with E-state index in [1.807, 2.05) is 4.90 Å². The number of anilines is 1. The van der Waals surface area contributed by atoms with Gasteiger partial charge in [0.2, 0.25) is 0 Å². The van der Waals surface area contributed by atoms with Crippen LogP contribution < -0.4 is 15.0 Å². The van der Waals surface area contributed by atoms with Crippen molar-refractivity contribution < 1.29 is 45.4 Å². The van der Waals surface area contributed by atoms with E-state index in [1.165, 1.54) is 49.5 Å². The summed E-state index contributed by atoms with van der Waals surface area (Å²) in [6.07, 6.45) is 1.36. The summed E-state index contributed by atoms with van der Waals surface area (Å²) in [6.45, 7) is -3.41. The number of rotatable bonds is 14. The molecule has 0 aliphatic carbocycles. The molecule has 0 spiro atoms. The molecule has 4 rings (SSSR count). The highest BCUT2D eigenvalue weighted by Crippen LogP contribution is 2.28. The van der Waals surface area contributed by atoms with Crippen molar-refractivity contribution >= 4 is 32.2 Å². The largest absolute Gasteiger partial charge is 0.435 e. The van der Waals surface area contributed by atoms with Crippen molar-refractivity contribution in [1.82, 2.24) is 15.2 Å². The number of aliphatic hydroxyl groups excluding tert-OH is 1. The number of alkyl halides is 4. The molecule has 0 radical (unpaired) electrons. The van der Waals surface area contributed by atoms with Crippen LogP contribution in [-0.4, -0.2) is 87.2 Å². The third kappa shape index (κ3) is 8.88. The van der Waals surface area contributed by atoms with Crippen molar-refractivity contribution in [1.29, 1.82) is 0 Å². The van der Waals surface area contributed by atoms with Crippen LogP contribution in [0.3, 0.4) is 0 Å². The van der Waals surface area contributed by atoms with Gasteiger partial charge in [0, 0.05) is 26.2 Å². The minimum absolute atomic E-state index is 0.0334. The maximum absolute atomic E-state index is 13.0. The predicted octanol–water partition coefficient (Wildman–Crippen LogP) is 3.93. The zero-order chi connectivity index (χ0) is 31.9. The van der Waals surface area contributed by atoms with Crippen LogP contribution in [0.4, 0.5) is 22.7 Å². The molecule has 2 N–H and O–H groups in total. The van der Waals surface area contributed by atoms with Crippen LogP contribution in [-0.2, 0) is 21.1 Å². The van der Waals surface area contributed by atoms with Gasteiger partial charge in [-0.2, -0.15) is 17.6 Å². The van der Waals surface area contributed by atoms with Crippen LogP contribution in [0.5, 0.6) is 5.75 Å². The summed E-state index contributed by atoms with van der Waals surface area (Å²) in [4.78, 5) is 21.6. The van der Waals surface area contributed by atoms with E-state index in [9.17, 15) is 35.9 Å². The van der Waals surface area contributed by atoms with Gasteiger partial charge in [0.05, 0.1) is 42.1 Å². The lowest BCUT2D eigenvalue weighted by Crippen LogP contribution is -2.55. The van der Waals surface area contributed by atoms with Crippen molar-refractivity contribution in [2.45, 2.75) is 43.7 Å². The number of hydrogen-bond acceptors (Lipinski definition) is 10. The second-order valence-corrected chi connectivity index (χ2v) is 13.2. The molecule has 0 unspecified atom stereocenters. The molecule has 1 saturated heterocycles. The van der Waals surface area contributed by atoms with Crippen molar-refractivity contribution in [3.63, 3.8) is 0 Å². The van der Waals surface area contributed by atoms with Crippen molar-refractivity contribution in [3.8, 4) is 5.75 Å². The van der Waals surface area contributed by atoms with Crippen molar-refractivity contribution in [3.05, 3.63) is 70.7 Å². The molecule has 44 heavy (non-hydrogen) atoms. The average molecular weight is 661 g/mol. The second-order valence-electron chi connectivity index (χ2n) is 9.89. The Kier molecular flexibility index (Phi) is 11.5. The zero-order valence-corrected chi connectivity index (χ0v) is 25.2. The first-order chi connectivity index (χ1) is 21.0. The number of aromatic nitrogens is 1. The van der Waals surface area contributed by atoms with Crippen LogP contribution in [0, 0.1) is 0 Å². The summed E-state index contributed by atoms with van der Waals surface area (Å²) in [5.41, 5.74) is 1.33. The molecule has 240 valence electrons. The van der Waals surface area contributed by atoms with Crippen LogP contribution in [0.2, 0.25) is 0 Å². The van der Waals surface area contributed by atoms with Gasteiger partial charge in [-0.05, 0) is 35.4 Å². The molecule has 1 aliphatic heterocycles. The van der Waals surface area contributed by atoms with Crippen molar-refractivity contribution in [2.75, 3.05) is 43.5 Å². The highest BCUT2D eigenvalue weighted by molar-refractivity contribution is 7.91. The summed E-state index contributed by atoms with van der Waals surface area (Å²) in [5.74, 6) is -0.540. The quantitative estimate of drug-likeness (QED) is 0.248. The molecule has 1 fully saturated rings. The summed E-state index contributed by atoms with van der Waals surface area (Å²) in [5, 5.41) is 13.1. The van der Waals surface area contributed by atoms with Crippen molar-refractivity contribution in [2.24, 2.45) is 0 Å². The summed E-state index contributed by atoms with van der Waals surface area (Å²) < 4.78 is 84.0. The van der Waals surface area contributed by atoms with Crippen LogP contribution in [0.15, 0.2) is 59.6 Å². The summed E-state index contributed by atoms with van der Waals surface area (Å²) in [7, 11) is -3.40. The molecular weight excluding hydrogens is 628 g/mol. The van der Waals surface area contributed by atoms with E-state index in [2.05, 4.69) is 19.8 Å². The van der Waals surface area contributed by atoms with E-state index < -0.39 is 47.7 Å². The van der Waals surface area contributed by atoms with Gasteiger partial charge in [0.15, 0.2) is 15.0 Å². The molecule has 1 aliphatic rings. The zero-order valence-electron chi connectivity index (χ0n) is 23.6. The van der Waals surface area contributed by atoms with Gasteiger partial charge in [-0.25, -0.2) is 13.4 Å². The number of nitrogens with zero attached hydrogens (tertiary/aromatic N) is 3. The normalized spacial score (nSPS) is 16.8. The fourth-order valence-electron chi connectivity index (χ4n) is 4.72. The Morgan fingerprint density at radius 2 is 1.80 bits per heavy atom. The number of aliphatic hydroxyl groups is 1. The Morgan fingerprint density at radius 3 is 2.41 bits per heavy atom. The minimum atomic E-state index is -3.40. The van der Waals surface area contributed by atoms with Gasteiger partial charge in [0.1, 0.15) is 10.6 Å². The van der Waals surface area contributed by atoms with Crippen LogP contribution in [0.25, 0.3) is 0 Å². The van der Waals surface area contributed by atoms with E-state index in [-0.39, 0.29) is 27.9 Å². The highest BCUT2D eigenvalue weighted by atomic mass is 32.2. The number of hydrogen-bond donors (Lipinski definition) is 2. The molecule has 10 nitrogen and oxygen atoms in total. The maximum atomic E-state index is 13.0. The summed E-state index contributed by atoms with van der Waals surface area (Å²) >= 11 is 1.06. The smallest absolute Gasteiger partial charge is 0.387 e. The molecule has 16 heteroatoms. The summed E-state index contributed by atoms with van der Waals surface area (Å²) in [6, 6.07) is 10.7. The third-order valence-corrected chi connectivity index (χ3v) is 9.79. The monoisotopic (exact) mass is 660 g/mol. The average Bonchev–Trinajstić information content (AvgIpc) is 3.50. The van der Waals surface area contributed by atoms with Gasteiger partial charge >= 0.3 is 13.2 Å². The Labute approximate surface area is 256 Å². The molecule has 2 atom stereocenters. The van der Waals surface area contributed by atoms with E-state index in [4.69, 9.17) is 0 Å². The molecule has 1 aromatic heterocycles. The van der Waals surface area contributed by atoms with Gasteiger partial charge in [-0.1, -0.05) is 42.5 Å². The predicted molar refractivity (Wildman–Crippen MR) is 155 cm³/mol. The number of benzene rings is 2. The van der Waals surface area contributed by atoms with E-state index in [1.54, 1.807) is 17.0 Å². The number of sulfone groups is 1. The van der Waals surface area contributed by atoms with Crippen LogP contribution in [0.1, 0.15) is 33.8 Å². The number of thiazole rings is 1. The molecule has 1 amide bonds. The number of nitrogens with one attached hydrogen (secondary N) is 1.